The number of sulfonamides is 1. The van der Waals surface area contributed by atoms with Gasteiger partial charge in [0.1, 0.15) is 4.90 Å². The van der Waals surface area contributed by atoms with Crippen molar-refractivity contribution in [2.24, 2.45) is 0 Å². The van der Waals surface area contributed by atoms with Crippen LogP contribution in [0.15, 0.2) is 17.2 Å². The van der Waals surface area contributed by atoms with Crippen molar-refractivity contribution >= 4 is 10.0 Å². The Bertz CT molecular complexity index is 568. The molecule has 1 saturated heterocycles. The Labute approximate surface area is 127 Å². The maximum Gasteiger partial charge on any atom is 0.244 e. The Morgan fingerprint density at radius 2 is 2.00 bits per heavy atom. The van der Waals surface area contributed by atoms with E-state index < -0.39 is 10.0 Å². The molecule has 0 radical (unpaired) electrons. The van der Waals surface area contributed by atoms with Crippen LogP contribution < -0.4 is 5.32 Å². The zero-order valence-electron chi connectivity index (χ0n) is 13.2. The summed E-state index contributed by atoms with van der Waals surface area (Å²) >= 11 is 0. The summed E-state index contributed by atoms with van der Waals surface area (Å²) in [4.78, 5) is 2.60. The van der Waals surface area contributed by atoms with E-state index in [9.17, 15) is 8.42 Å². The van der Waals surface area contributed by atoms with Crippen LogP contribution in [-0.2, 0) is 23.1 Å². The normalized spacial score (nSPS) is 18.8. The molecule has 2 rings (SSSR count). The highest BCUT2D eigenvalue weighted by atomic mass is 32.2. The van der Waals surface area contributed by atoms with Gasteiger partial charge in [-0.25, -0.2) is 8.42 Å². The van der Waals surface area contributed by atoms with Crippen molar-refractivity contribution in [2.75, 3.05) is 40.3 Å². The van der Waals surface area contributed by atoms with Gasteiger partial charge in [-0.15, -0.1) is 0 Å². The summed E-state index contributed by atoms with van der Waals surface area (Å²) in [7, 11) is 0.522. The van der Waals surface area contributed by atoms with E-state index in [1.54, 1.807) is 16.6 Å². The summed E-state index contributed by atoms with van der Waals surface area (Å²) in [5, 5.41) is 3.08. The van der Waals surface area contributed by atoms with Crippen molar-refractivity contribution < 1.29 is 8.42 Å². The largest absolute Gasteiger partial charge is 0.349 e. The number of rotatable bonds is 5. The summed E-state index contributed by atoms with van der Waals surface area (Å²) in [5.41, 5.74) is 1.01. The van der Waals surface area contributed by atoms with Gasteiger partial charge in [-0.1, -0.05) is 0 Å². The van der Waals surface area contributed by atoms with Crippen LogP contribution in [0.2, 0.25) is 0 Å². The number of aromatic nitrogens is 1. The number of likely N-dealkylation sites (N-methyl/N-ethyl adjacent to an activating group) is 1. The van der Waals surface area contributed by atoms with Crippen LogP contribution in [0.4, 0.5) is 0 Å². The van der Waals surface area contributed by atoms with Crippen LogP contribution in [0.25, 0.3) is 0 Å². The number of hydrogen-bond donors (Lipinski definition) is 1. The molecule has 1 aromatic heterocycles. The van der Waals surface area contributed by atoms with E-state index in [1.807, 2.05) is 25.6 Å². The molecule has 0 aromatic carbocycles. The molecule has 0 unspecified atom stereocenters. The number of nitrogens with one attached hydrogen (secondary N) is 1. The minimum absolute atomic E-state index is 0.416. The maximum atomic E-state index is 12.8. The van der Waals surface area contributed by atoms with Gasteiger partial charge >= 0.3 is 0 Å². The molecule has 1 aliphatic heterocycles. The quantitative estimate of drug-likeness (QED) is 0.862. The third kappa shape index (κ3) is 3.66. The highest BCUT2D eigenvalue weighted by Gasteiger charge is 2.27. The highest BCUT2D eigenvalue weighted by molar-refractivity contribution is 7.89. The minimum atomic E-state index is -3.38. The van der Waals surface area contributed by atoms with Crippen molar-refractivity contribution in [3.8, 4) is 0 Å². The average molecular weight is 314 g/mol. The van der Waals surface area contributed by atoms with Crippen LogP contribution in [-0.4, -0.2) is 62.5 Å². The van der Waals surface area contributed by atoms with Crippen molar-refractivity contribution in [2.45, 2.75) is 31.3 Å². The second-order valence-electron chi connectivity index (χ2n) is 5.54. The van der Waals surface area contributed by atoms with Crippen molar-refractivity contribution in [1.29, 1.82) is 0 Å². The summed E-state index contributed by atoms with van der Waals surface area (Å²) in [6.45, 7) is 6.38. The van der Waals surface area contributed by atoms with Gasteiger partial charge in [0.05, 0.1) is 0 Å². The van der Waals surface area contributed by atoms with Gasteiger partial charge in [-0.2, -0.15) is 4.31 Å². The van der Waals surface area contributed by atoms with Crippen molar-refractivity contribution in [3.05, 3.63) is 18.0 Å². The molecule has 1 aromatic rings. The first kappa shape index (κ1) is 16.5. The molecule has 1 aliphatic rings. The fraction of sp³-hybridized carbons (Fsp3) is 0.714. The predicted octanol–water partition coefficient (Wildman–Crippen LogP) is 0.554. The van der Waals surface area contributed by atoms with Gasteiger partial charge in [0.25, 0.3) is 0 Å². The molecule has 1 N–H and O–H groups in total. The Hall–Kier alpha value is -0.890. The second-order valence-corrected chi connectivity index (χ2v) is 7.48. The summed E-state index contributed by atoms with van der Waals surface area (Å²) in [5.74, 6) is 0. The molecule has 2 heterocycles. The third-order valence-corrected chi connectivity index (χ3v) is 5.84. The van der Waals surface area contributed by atoms with Crippen LogP contribution in [0, 0.1) is 0 Å². The van der Waals surface area contributed by atoms with Crippen molar-refractivity contribution in [1.82, 2.24) is 19.1 Å². The van der Waals surface area contributed by atoms with Crippen molar-refractivity contribution in [3.63, 3.8) is 0 Å². The predicted molar refractivity (Wildman–Crippen MR) is 83.7 cm³/mol. The molecule has 6 nitrogen and oxygen atoms in total. The Balaban J connectivity index is 2.26. The van der Waals surface area contributed by atoms with E-state index in [2.05, 4.69) is 10.2 Å². The van der Waals surface area contributed by atoms with Gasteiger partial charge in [-0.3, -0.25) is 0 Å². The first-order chi connectivity index (χ1) is 9.98. The molecule has 0 amide bonds. The molecule has 0 saturated carbocycles. The van der Waals surface area contributed by atoms with Crippen LogP contribution in [0.5, 0.6) is 0 Å². The zero-order chi connectivity index (χ0) is 15.5. The molecular formula is C14H26N4O2S. The van der Waals surface area contributed by atoms with Crippen LogP contribution >= 0.6 is 0 Å². The third-order valence-electron chi connectivity index (χ3n) is 3.98. The monoisotopic (exact) mass is 314 g/mol. The summed E-state index contributed by atoms with van der Waals surface area (Å²) in [6.07, 6.45) is 2.64. The first-order valence-corrected chi connectivity index (χ1v) is 8.95. The minimum Gasteiger partial charge on any atom is -0.349 e. The SMILES string of the molecule is CCn1cc(S(=O)(=O)N2CCCN(C)CC2)cc1CNC. The molecule has 0 aliphatic carbocycles. The van der Waals surface area contributed by atoms with Crippen LogP contribution in [0.1, 0.15) is 19.0 Å². The van der Waals surface area contributed by atoms with E-state index in [-0.39, 0.29) is 0 Å². The van der Waals surface area contributed by atoms with Crippen LogP contribution in [0.3, 0.4) is 0 Å². The lowest BCUT2D eigenvalue weighted by Gasteiger charge is -2.19. The maximum absolute atomic E-state index is 12.8. The van der Waals surface area contributed by atoms with Gasteiger partial charge in [0, 0.05) is 44.6 Å². The van der Waals surface area contributed by atoms with E-state index in [4.69, 9.17) is 0 Å². The van der Waals surface area contributed by atoms with E-state index in [0.29, 0.717) is 24.5 Å². The number of hydrogen-bond acceptors (Lipinski definition) is 4. The molecule has 7 heteroatoms. The van der Waals surface area contributed by atoms with Gasteiger partial charge < -0.3 is 14.8 Å². The molecule has 0 bridgehead atoms. The molecular weight excluding hydrogens is 288 g/mol. The second kappa shape index (κ2) is 6.91. The fourth-order valence-electron chi connectivity index (χ4n) is 2.70. The van der Waals surface area contributed by atoms with Gasteiger partial charge in [0.2, 0.25) is 10.0 Å². The molecule has 0 spiro atoms. The molecule has 120 valence electrons. The Morgan fingerprint density at radius 1 is 1.24 bits per heavy atom. The Kier molecular flexibility index (Phi) is 5.43. The van der Waals surface area contributed by atoms with Gasteiger partial charge in [0.15, 0.2) is 0 Å². The Morgan fingerprint density at radius 3 is 2.67 bits per heavy atom. The lowest BCUT2D eigenvalue weighted by Crippen LogP contribution is -2.34. The standard InChI is InChI=1S/C14H26N4O2S/c1-4-17-12-14(10-13(17)11-15-2)21(19,20)18-7-5-6-16(3)8-9-18/h10,12,15H,4-9,11H2,1-3H3. The molecule has 1 fully saturated rings. The molecule has 0 atom stereocenters. The first-order valence-electron chi connectivity index (χ1n) is 7.51. The summed E-state index contributed by atoms with van der Waals surface area (Å²) in [6, 6.07) is 1.80. The lowest BCUT2D eigenvalue weighted by atomic mass is 10.4. The van der Waals surface area contributed by atoms with E-state index in [1.165, 1.54) is 0 Å². The fourth-order valence-corrected chi connectivity index (χ4v) is 4.24. The highest BCUT2D eigenvalue weighted by Crippen LogP contribution is 2.20. The van der Waals surface area contributed by atoms with E-state index >= 15 is 0 Å². The van der Waals surface area contributed by atoms with E-state index in [0.717, 1.165) is 31.7 Å². The number of nitrogens with zero attached hydrogens (tertiary/aromatic N) is 3. The number of aryl methyl sites for hydroxylation is 1. The lowest BCUT2D eigenvalue weighted by molar-refractivity contribution is 0.347. The summed E-state index contributed by atoms with van der Waals surface area (Å²) < 4.78 is 29.2. The topological polar surface area (TPSA) is 57.6 Å². The smallest absolute Gasteiger partial charge is 0.244 e. The molecule has 21 heavy (non-hydrogen) atoms. The van der Waals surface area contributed by atoms with Gasteiger partial charge in [-0.05, 0) is 40.1 Å². The average Bonchev–Trinajstić information content (AvgIpc) is 2.73. The zero-order valence-corrected chi connectivity index (χ0v) is 14.0.